The lowest BCUT2D eigenvalue weighted by atomic mass is 10.2. The van der Waals surface area contributed by atoms with Crippen molar-refractivity contribution in [3.63, 3.8) is 0 Å². The zero-order valence-electron chi connectivity index (χ0n) is 17.4. The van der Waals surface area contributed by atoms with Gasteiger partial charge in [0, 0.05) is 13.2 Å². The van der Waals surface area contributed by atoms with Crippen molar-refractivity contribution in [2.24, 2.45) is 0 Å². The predicted molar refractivity (Wildman–Crippen MR) is 116 cm³/mol. The van der Waals surface area contributed by atoms with Gasteiger partial charge in [-0.1, -0.05) is 49.6 Å². The molecular formula is C24H32O4. The molecular weight excluding hydrogens is 352 g/mol. The maximum atomic E-state index is 5.50. The van der Waals surface area contributed by atoms with Crippen molar-refractivity contribution < 1.29 is 18.9 Å². The molecule has 2 rings (SSSR count). The lowest BCUT2D eigenvalue weighted by Gasteiger charge is -2.14. The van der Waals surface area contributed by atoms with Gasteiger partial charge in [0.2, 0.25) is 0 Å². The van der Waals surface area contributed by atoms with Crippen LogP contribution in [0, 0.1) is 0 Å². The zero-order chi connectivity index (χ0) is 20.8. The highest BCUT2D eigenvalue weighted by atomic mass is 16.7. The van der Waals surface area contributed by atoms with Crippen LogP contribution in [0.15, 0.2) is 61.7 Å². The average molecular weight is 385 g/mol. The Morgan fingerprint density at radius 2 is 1.00 bits per heavy atom. The molecule has 0 aliphatic heterocycles. The third-order valence-electron chi connectivity index (χ3n) is 3.64. The Morgan fingerprint density at radius 3 is 1.25 bits per heavy atom. The Labute approximate surface area is 169 Å². The first-order valence-corrected chi connectivity index (χ1v) is 9.53. The minimum absolute atomic E-state index is 0.199. The summed E-state index contributed by atoms with van der Waals surface area (Å²) in [6, 6.07) is 15.5. The molecule has 0 N–H and O–H groups in total. The fraction of sp³-hybridized carbons (Fsp3) is 0.333. The van der Waals surface area contributed by atoms with Crippen LogP contribution in [0.2, 0.25) is 0 Å². The van der Waals surface area contributed by atoms with Gasteiger partial charge in [-0.25, -0.2) is 0 Å². The third kappa shape index (κ3) is 9.40. The van der Waals surface area contributed by atoms with E-state index in [2.05, 4.69) is 13.2 Å². The summed E-state index contributed by atoms with van der Waals surface area (Å²) in [6.45, 7) is 16.3. The van der Waals surface area contributed by atoms with Gasteiger partial charge in [-0.05, 0) is 63.1 Å². The number of ether oxygens (including phenoxy) is 4. The summed E-state index contributed by atoms with van der Waals surface area (Å²) in [5, 5.41) is 0. The number of hydrogen-bond acceptors (Lipinski definition) is 4. The minimum Gasteiger partial charge on any atom is -0.465 e. The van der Waals surface area contributed by atoms with E-state index in [4.69, 9.17) is 18.9 Å². The SMILES string of the molecule is C=Cc1ccc(OC(C)OCC)cc1.C=Cc1ccc(OC(C)OCC)cc1. The Balaban J connectivity index is 0.000000280. The molecule has 4 heteroatoms. The second-order valence-electron chi connectivity index (χ2n) is 5.83. The van der Waals surface area contributed by atoms with Gasteiger partial charge in [0.1, 0.15) is 11.5 Å². The average Bonchev–Trinajstić information content (AvgIpc) is 2.70. The summed E-state index contributed by atoms with van der Waals surface area (Å²) in [4.78, 5) is 0. The van der Waals surface area contributed by atoms with E-state index in [1.54, 1.807) is 12.2 Å². The van der Waals surface area contributed by atoms with Crippen LogP contribution >= 0.6 is 0 Å². The van der Waals surface area contributed by atoms with E-state index in [9.17, 15) is 0 Å². The lowest BCUT2D eigenvalue weighted by molar-refractivity contribution is -0.0616. The van der Waals surface area contributed by atoms with E-state index in [0.29, 0.717) is 13.2 Å². The molecule has 0 bridgehead atoms. The first-order valence-electron chi connectivity index (χ1n) is 9.53. The Kier molecular flexibility index (Phi) is 11.4. The van der Waals surface area contributed by atoms with Gasteiger partial charge < -0.3 is 18.9 Å². The van der Waals surface area contributed by atoms with Crippen molar-refractivity contribution in [1.29, 1.82) is 0 Å². The second kappa shape index (κ2) is 13.6. The predicted octanol–water partition coefficient (Wildman–Crippen LogP) is 6.18. The van der Waals surface area contributed by atoms with Crippen LogP contribution in [0.5, 0.6) is 11.5 Å². The third-order valence-corrected chi connectivity index (χ3v) is 3.64. The molecule has 2 aromatic rings. The summed E-state index contributed by atoms with van der Waals surface area (Å²) in [5.41, 5.74) is 2.17. The molecule has 0 radical (unpaired) electrons. The topological polar surface area (TPSA) is 36.9 Å². The maximum Gasteiger partial charge on any atom is 0.196 e. The van der Waals surface area contributed by atoms with E-state index >= 15 is 0 Å². The molecule has 0 aromatic heterocycles. The van der Waals surface area contributed by atoms with Crippen molar-refractivity contribution in [2.75, 3.05) is 13.2 Å². The fourth-order valence-electron chi connectivity index (χ4n) is 2.29. The van der Waals surface area contributed by atoms with Crippen molar-refractivity contribution >= 4 is 12.2 Å². The molecule has 0 spiro atoms. The van der Waals surface area contributed by atoms with Crippen molar-refractivity contribution in [3.8, 4) is 11.5 Å². The van der Waals surface area contributed by atoms with E-state index in [0.717, 1.165) is 22.6 Å². The van der Waals surface area contributed by atoms with Crippen molar-refractivity contribution in [1.82, 2.24) is 0 Å². The molecule has 28 heavy (non-hydrogen) atoms. The first-order chi connectivity index (χ1) is 13.5. The normalized spacial score (nSPS) is 12.1. The van der Waals surface area contributed by atoms with Crippen LogP contribution in [0.1, 0.15) is 38.8 Å². The van der Waals surface area contributed by atoms with E-state index in [1.807, 2.05) is 76.2 Å². The van der Waals surface area contributed by atoms with Crippen LogP contribution < -0.4 is 9.47 Å². The van der Waals surface area contributed by atoms with Gasteiger partial charge in [0.15, 0.2) is 12.6 Å². The molecule has 0 aliphatic carbocycles. The standard InChI is InChI=1S/2C12H16O2/c2*1-4-11-6-8-12(9-7-11)14-10(3)13-5-2/h2*4,6-10H,1,5H2,2-3H3. The molecule has 0 saturated heterocycles. The Hall–Kier alpha value is -2.56. The van der Waals surface area contributed by atoms with Gasteiger partial charge in [-0.15, -0.1) is 0 Å². The lowest BCUT2D eigenvalue weighted by Crippen LogP contribution is -2.15. The molecule has 0 heterocycles. The molecule has 0 fully saturated rings. The van der Waals surface area contributed by atoms with Crippen molar-refractivity contribution in [2.45, 2.75) is 40.3 Å². The van der Waals surface area contributed by atoms with Gasteiger partial charge in [-0.2, -0.15) is 0 Å². The van der Waals surface area contributed by atoms with E-state index in [-0.39, 0.29) is 12.6 Å². The highest BCUT2D eigenvalue weighted by Crippen LogP contribution is 2.15. The summed E-state index contributed by atoms with van der Waals surface area (Å²) in [5.74, 6) is 1.63. The molecule has 4 nitrogen and oxygen atoms in total. The number of hydrogen-bond donors (Lipinski definition) is 0. The summed E-state index contributed by atoms with van der Waals surface area (Å²) in [7, 11) is 0. The molecule has 0 saturated carbocycles. The van der Waals surface area contributed by atoms with Gasteiger partial charge >= 0.3 is 0 Å². The monoisotopic (exact) mass is 384 g/mol. The quantitative estimate of drug-likeness (QED) is 0.458. The molecule has 152 valence electrons. The van der Waals surface area contributed by atoms with Crippen LogP contribution in [0.25, 0.3) is 12.2 Å². The molecule has 0 amide bonds. The molecule has 0 aliphatic rings. The smallest absolute Gasteiger partial charge is 0.196 e. The molecule has 2 unspecified atom stereocenters. The zero-order valence-corrected chi connectivity index (χ0v) is 17.4. The molecule has 2 atom stereocenters. The number of benzene rings is 2. The van der Waals surface area contributed by atoms with Gasteiger partial charge in [0.05, 0.1) is 0 Å². The van der Waals surface area contributed by atoms with Crippen LogP contribution in [0.3, 0.4) is 0 Å². The highest BCUT2D eigenvalue weighted by Gasteiger charge is 2.02. The summed E-state index contributed by atoms with van der Waals surface area (Å²) >= 11 is 0. The van der Waals surface area contributed by atoms with Crippen LogP contribution in [-0.2, 0) is 9.47 Å². The Morgan fingerprint density at radius 1 is 0.679 bits per heavy atom. The van der Waals surface area contributed by atoms with Gasteiger partial charge in [-0.3, -0.25) is 0 Å². The Bertz CT molecular complexity index is 615. The summed E-state index contributed by atoms with van der Waals surface area (Å²) < 4.78 is 21.5. The maximum absolute atomic E-state index is 5.50. The molecule has 2 aromatic carbocycles. The number of rotatable bonds is 10. The minimum atomic E-state index is -0.199. The van der Waals surface area contributed by atoms with Crippen molar-refractivity contribution in [3.05, 3.63) is 72.8 Å². The van der Waals surface area contributed by atoms with Gasteiger partial charge in [0.25, 0.3) is 0 Å². The van der Waals surface area contributed by atoms with E-state index in [1.165, 1.54) is 0 Å². The summed E-state index contributed by atoms with van der Waals surface area (Å²) in [6.07, 6.45) is 3.20. The first kappa shape index (κ1) is 23.5. The van der Waals surface area contributed by atoms with Crippen LogP contribution in [-0.4, -0.2) is 25.8 Å². The second-order valence-corrected chi connectivity index (χ2v) is 5.83. The van der Waals surface area contributed by atoms with E-state index < -0.39 is 0 Å². The largest absolute Gasteiger partial charge is 0.465 e. The van der Waals surface area contributed by atoms with Crippen LogP contribution in [0.4, 0.5) is 0 Å². The highest BCUT2D eigenvalue weighted by molar-refractivity contribution is 5.48. The fourth-order valence-corrected chi connectivity index (χ4v) is 2.29.